The van der Waals surface area contributed by atoms with Gasteiger partial charge in [0.1, 0.15) is 31.1 Å². The number of carbonyl (C=O) groups excluding carboxylic acids is 2. The second kappa shape index (κ2) is 26.7. The molecule has 1 aliphatic rings. The van der Waals surface area contributed by atoms with Crippen molar-refractivity contribution in [3.63, 3.8) is 0 Å². The molecule has 0 bridgehead atoms. The first-order valence-corrected chi connectivity index (χ1v) is 23.3. The Kier molecular flexibility index (Phi) is 20.7. The van der Waals surface area contributed by atoms with Crippen LogP contribution in [0.2, 0.25) is 0 Å². The first kappa shape index (κ1) is 45.8. The van der Waals surface area contributed by atoms with Gasteiger partial charge in [0.2, 0.25) is 0 Å². The lowest BCUT2D eigenvalue weighted by atomic mass is 9.84. The fourth-order valence-electron chi connectivity index (χ4n) is 8.17. The van der Waals surface area contributed by atoms with E-state index in [1.54, 1.807) is 0 Å². The highest BCUT2D eigenvalue weighted by Gasteiger charge is 2.18. The summed E-state index contributed by atoms with van der Waals surface area (Å²) in [4.78, 5) is 25.5. The van der Waals surface area contributed by atoms with Crippen LogP contribution in [0, 0.1) is 0 Å². The highest BCUT2D eigenvalue weighted by atomic mass is 16.6. The van der Waals surface area contributed by atoms with Gasteiger partial charge in [0, 0.05) is 6.07 Å². The summed E-state index contributed by atoms with van der Waals surface area (Å²) in [6, 6.07) is 25.1. The molecule has 0 fully saturated rings. The van der Waals surface area contributed by atoms with Crippen LogP contribution in [-0.4, -0.2) is 25.2 Å². The highest BCUT2D eigenvalue weighted by molar-refractivity contribution is 5.91. The van der Waals surface area contributed by atoms with E-state index in [0.29, 0.717) is 24.7 Å². The molecule has 0 unspecified atom stereocenters. The number of ether oxygens (including phenoxy) is 4. The summed E-state index contributed by atoms with van der Waals surface area (Å²) in [6.45, 7) is 5.94. The summed E-state index contributed by atoms with van der Waals surface area (Å²) in [5.41, 5.74) is 6.94. The molecule has 6 nitrogen and oxygen atoms in total. The molecular weight excluding hydrogens is 733 g/mol. The molecule has 0 radical (unpaired) electrons. The second-order valence-electron chi connectivity index (χ2n) is 16.8. The summed E-state index contributed by atoms with van der Waals surface area (Å²) >= 11 is 0. The molecule has 6 heteroatoms. The molecule has 0 N–H and O–H groups in total. The summed E-state index contributed by atoms with van der Waals surface area (Å²) in [6.07, 6.45) is 26.8. The maximum Gasteiger partial charge on any atom is 0.317 e. The lowest BCUT2D eigenvalue weighted by molar-refractivity contribution is -0.156. The SMILES string of the molecule is CCCCCCCCCCCCOc1cc(COC(=O)CC(=O)OCc2ccc3c(c2)Cc2cc4ccccc4cc2C3)cc(OCCCCCCCCCCCC)c1. The topological polar surface area (TPSA) is 71.1 Å². The van der Waals surface area contributed by atoms with Crippen molar-refractivity contribution in [2.45, 2.75) is 175 Å². The van der Waals surface area contributed by atoms with Crippen LogP contribution in [0.5, 0.6) is 11.5 Å². The maximum atomic E-state index is 12.8. The number of carbonyl (C=O) groups is 2. The van der Waals surface area contributed by atoms with Crippen LogP contribution < -0.4 is 9.47 Å². The minimum Gasteiger partial charge on any atom is -0.493 e. The predicted molar refractivity (Wildman–Crippen MR) is 241 cm³/mol. The lowest BCUT2D eigenvalue weighted by Crippen LogP contribution is -2.14. The van der Waals surface area contributed by atoms with Crippen LogP contribution in [-0.2, 0) is 45.1 Å². The van der Waals surface area contributed by atoms with Crippen LogP contribution in [0.15, 0.2) is 72.8 Å². The largest absolute Gasteiger partial charge is 0.493 e. The Hall–Kier alpha value is -4.32. The van der Waals surface area contributed by atoms with Crippen LogP contribution in [0.25, 0.3) is 10.8 Å². The molecule has 1 aliphatic carbocycles. The second-order valence-corrected chi connectivity index (χ2v) is 16.8. The van der Waals surface area contributed by atoms with E-state index in [1.807, 2.05) is 24.3 Å². The van der Waals surface area contributed by atoms with Crippen molar-refractivity contribution in [3.05, 3.63) is 106 Å². The summed E-state index contributed by atoms with van der Waals surface area (Å²) in [7, 11) is 0. The van der Waals surface area contributed by atoms with Gasteiger partial charge in [-0.2, -0.15) is 0 Å². The van der Waals surface area contributed by atoms with Gasteiger partial charge in [-0.1, -0.05) is 184 Å². The monoisotopic (exact) mass is 805 g/mol. The molecule has 0 atom stereocenters. The van der Waals surface area contributed by atoms with Crippen molar-refractivity contribution >= 4 is 22.7 Å². The molecule has 0 saturated heterocycles. The van der Waals surface area contributed by atoms with Crippen LogP contribution in [0.4, 0.5) is 0 Å². The van der Waals surface area contributed by atoms with Crippen molar-refractivity contribution < 1.29 is 28.5 Å². The Labute approximate surface area is 355 Å². The van der Waals surface area contributed by atoms with Gasteiger partial charge in [0.15, 0.2) is 0 Å². The molecule has 59 heavy (non-hydrogen) atoms. The van der Waals surface area contributed by atoms with Gasteiger partial charge in [0.25, 0.3) is 0 Å². The van der Waals surface area contributed by atoms with Gasteiger partial charge in [-0.25, -0.2) is 0 Å². The van der Waals surface area contributed by atoms with E-state index in [4.69, 9.17) is 18.9 Å². The molecular formula is C53H72O6. The van der Waals surface area contributed by atoms with Gasteiger partial charge < -0.3 is 18.9 Å². The van der Waals surface area contributed by atoms with E-state index < -0.39 is 18.4 Å². The number of fused-ring (bicyclic) bond motifs is 3. The van der Waals surface area contributed by atoms with Crippen LogP contribution >= 0.6 is 0 Å². The minimum atomic E-state index is -0.617. The molecule has 320 valence electrons. The molecule has 0 amide bonds. The average Bonchev–Trinajstić information content (AvgIpc) is 3.24. The Morgan fingerprint density at radius 2 is 0.864 bits per heavy atom. The highest BCUT2D eigenvalue weighted by Crippen LogP contribution is 2.31. The number of esters is 2. The Morgan fingerprint density at radius 3 is 1.36 bits per heavy atom. The summed E-state index contributed by atoms with van der Waals surface area (Å²) in [5.74, 6) is 0.218. The van der Waals surface area contributed by atoms with Crippen molar-refractivity contribution in [3.8, 4) is 11.5 Å². The van der Waals surface area contributed by atoms with E-state index in [-0.39, 0.29) is 13.2 Å². The average molecular weight is 805 g/mol. The van der Waals surface area contributed by atoms with E-state index in [1.165, 1.54) is 136 Å². The molecule has 0 aromatic heterocycles. The van der Waals surface area contributed by atoms with Crippen LogP contribution in [0.3, 0.4) is 0 Å². The number of hydrogen-bond donors (Lipinski definition) is 0. The number of unbranched alkanes of at least 4 members (excludes halogenated alkanes) is 18. The molecule has 0 heterocycles. The Balaban J connectivity index is 1.04. The van der Waals surface area contributed by atoms with E-state index in [9.17, 15) is 9.59 Å². The molecule has 4 aromatic carbocycles. The van der Waals surface area contributed by atoms with Crippen molar-refractivity contribution in [1.82, 2.24) is 0 Å². The molecule has 0 saturated carbocycles. The van der Waals surface area contributed by atoms with Gasteiger partial charge in [-0.05, 0) is 82.0 Å². The van der Waals surface area contributed by atoms with Crippen molar-refractivity contribution in [1.29, 1.82) is 0 Å². The van der Waals surface area contributed by atoms with E-state index in [0.717, 1.165) is 49.7 Å². The quantitative estimate of drug-likeness (QED) is 0.0261. The van der Waals surface area contributed by atoms with E-state index >= 15 is 0 Å². The van der Waals surface area contributed by atoms with Gasteiger partial charge in [-0.15, -0.1) is 0 Å². The molecule has 0 spiro atoms. The van der Waals surface area contributed by atoms with Gasteiger partial charge >= 0.3 is 11.9 Å². The maximum absolute atomic E-state index is 12.8. The van der Waals surface area contributed by atoms with Gasteiger partial charge in [0.05, 0.1) is 13.2 Å². The fourth-order valence-corrected chi connectivity index (χ4v) is 8.17. The molecule has 4 aromatic rings. The molecule has 0 aliphatic heterocycles. The standard InChI is InChI=1S/C53H72O6/c1-3-5-7-9-11-13-15-17-19-23-29-56-50-32-43(33-51(38-50)57-30-24-20-18-16-14-12-10-8-6-4-2)41-59-53(55)39-52(54)58-40-42-27-28-46-36-48-34-44-25-21-22-26-45(44)35-49(48)37-47(46)31-42/h21-22,25-28,31-35,38H,3-20,23-24,29-30,36-37,39-41H2,1-2H3. The zero-order valence-electron chi connectivity index (χ0n) is 36.5. The Morgan fingerprint density at radius 1 is 0.441 bits per heavy atom. The predicted octanol–water partition coefficient (Wildman–Crippen LogP) is 14.1. The zero-order chi connectivity index (χ0) is 41.3. The summed E-state index contributed by atoms with van der Waals surface area (Å²) in [5, 5.41) is 2.52. The third-order valence-electron chi connectivity index (χ3n) is 11.7. The first-order valence-electron chi connectivity index (χ1n) is 23.3. The smallest absolute Gasteiger partial charge is 0.317 e. The first-order chi connectivity index (χ1) is 29.0. The van der Waals surface area contributed by atoms with Crippen molar-refractivity contribution in [2.75, 3.05) is 13.2 Å². The van der Waals surface area contributed by atoms with Crippen molar-refractivity contribution in [2.24, 2.45) is 0 Å². The van der Waals surface area contributed by atoms with E-state index in [2.05, 4.69) is 62.4 Å². The summed E-state index contributed by atoms with van der Waals surface area (Å²) < 4.78 is 23.5. The Bertz CT molecular complexity index is 1800. The van der Waals surface area contributed by atoms with Crippen LogP contribution in [0.1, 0.15) is 182 Å². The minimum absolute atomic E-state index is 0.0256. The number of benzene rings is 4. The number of rotatable bonds is 30. The third-order valence-corrected chi connectivity index (χ3v) is 11.7. The van der Waals surface area contributed by atoms with Gasteiger partial charge in [-0.3, -0.25) is 9.59 Å². The lowest BCUT2D eigenvalue weighted by Gasteiger charge is -2.21. The number of hydrogen-bond acceptors (Lipinski definition) is 6. The normalized spacial score (nSPS) is 11.9. The fraction of sp³-hybridized carbons (Fsp3) is 0.547. The third kappa shape index (κ3) is 17.1. The zero-order valence-corrected chi connectivity index (χ0v) is 36.5. The molecule has 5 rings (SSSR count).